The molecule has 0 amide bonds. The lowest BCUT2D eigenvalue weighted by Crippen LogP contribution is -2.23. The van der Waals surface area contributed by atoms with Crippen LogP contribution in [0.1, 0.15) is 31.8 Å². The zero-order chi connectivity index (χ0) is 15.1. The quantitative estimate of drug-likeness (QED) is 0.728. The summed E-state index contributed by atoms with van der Waals surface area (Å²) in [5.74, 6) is 0.0752. The third kappa shape index (κ3) is 1.71. The van der Waals surface area contributed by atoms with Crippen LogP contribution in [0.25, 0.3) is 0 Å². The second-order valence-electron chi connectivity index (χ2n) is 4.65. The second-order valence-corrected chi connectivity index (χ2v) is 4.65. The lowest BCUT2D eigenvalue weighted by atomic mass is 9.82. The summed E-state index contributed by atoms with van der Waals surface area (Å²) in [4.78, 5) is 25.5. The highest BCUT2D eigenvalue weighted by atomic mass is 16.5. The zero-order valence-corrected chi connectivity index (χ0v) is 11.6. The molecule has 0 aromatic heterocycles. The van der Waals surface area contributed by atoms with Crippen LogP contribution in [0.2, 0.25) is 0 Å². The van der Waals surface area contributed by atoms with Crippen LogP contribution >= 0.6 is 0 Å². The Hall–Kier alpha value is -2.82. The molecule has 5 nitrogen and oxygen atoms in total. The number of fused-ring (bicyclic) bond motifs is 2. The summed E-state index contributed by atoms with van der Waals surface area (Å²) in [6, 6.07) is 8.06. The van der Waals surface area contributed by atoms with Crippen LogP contribution in [0.15, 0.2) is 30.3 Å². The van der Waals surface area contributed by atoms with Crippen molar-refractivity contribution in [1.29, 1.82) is 0 Å². The van der Waals surface area contributed by atoms with E-state index in [1.165, 1.54) is 14.2 Å². The number of hydrogen-bond acceptors (Lipinski definition) is 5. The maximum Gasteiger partial charge on any atom is 0.202 e. The van der Waals surface area contributed by atoms with E-state index in [0.29, 0.717) is 17.1 Å². The van der Waals surface area contributed by atoms with Crippen LogP contribution < -0.4 is 15.2 Å². The molecule has 106 valence electrons. The molecule has 3 rings (SSSR count). The van der Waals surface area contributed by atoms with Gasteiger partial charge in [-0.05, 0) is 18.2 Å². The van der Waals surface area contributed by atoms with Gasteiger partial charge >= 0.3 is 0 Å². The first-order valence-corrected chi connectivity index (χ1v) is 6.33. The van der Waals surface area contributed by atoms with Crippen molar-refractivity contribution in [3.05, 3.63) is 52.6 Å². The first-order chi connectivity index (χ1) is 10.1. The minimum absolute atomic E-state index is 0.194. The van der Waals surface area contributed by atoms with E-state index in [1.807, 2.05) is 0 Å². The third-order valence-corrected chi connectivity index (χ3v) is 3.59. The Balaban J connectivity index is 2.39. The van der Waals surface area contributed by atoms with Gasteiger partial charge in [0.25, 0.3) is 0 Å². The van der Waals surface area contributed by atoms with E-state index in [4.69, 9.17) is 15.2 Å². The summed E-state index contributed by atoms with van der Waals surface area (Å²) in [6.07, 6.45) is 0. The Morgan fingerprint density at radius 1 is 0.810 bits per heavy atom. The van der Waals surface area contributed by atoms with Gasteiger partial charge in [0.1, 0.15) is 11.5 Å². The Morgan fingerprint density at radius 2 is 1.48 bits per heavy atom. The molecule has 0 bridgehead atoms. The fourth-order valence-corrected chi connectivity index (χ4v) is 2.62. The number of benzene rings is 2. The van der Waals surface area contributed by atoms with E-state index < -0.39 is 0 Å². The number of ketones is 2. The predicted molar refractivity (Wildman–Crippen MR) is 77.3 cm³/mol. The molecule has 1 aliphatic carbocycles. The number of carbonyl (C=O) groups is 2. The van der Waals surface area contributed by atoms with Crippen molar-refractivity contribution in [2.45, 2.75) is 0 Å². The van der Waals surface area contributed by atoms with Crippen molar-refractivity contribution < 1.29 is 19.1 Å². The Morgan fingerprint density at radius 3 is 2.14 bits per heavy atom. The van der Waals surface area contributed by atoms with Crippen LogP contribution in [0.4, 0.5) is 5.69 Å². The number of carbonyl (C=O) groups excluding carboxylic acids is 2. The van der Waals surface area contributed by atoms with Crippen molar-refractivity contribution in [2.24, 2.45) is 0 Å². The Kier molecular flexibility index (Phi) is 2.90. The highest BCUT2D eigenvalue weighted by Crippen LogP contribution is 2.39. The summed E-state index contributed by atoms with van der Waals surface area (Å²) in [5, 5.41) is 0. The second kappa shape index (κ2) is 4.63. The maximum atomic E-state index is 12.8. The van der Waals surface area contributed by atoms with Gasteiger partial charge in [-0.2, -0.15) is 0 Å². The van der Waals surface area contributed by atoms with E-state index in [1.54, 1.807) is 30.3 Å². The van der Waals surface area contributed by atoms with Gasteiger partial charge in [-0.3, -0.25) is 9.59 Å². The fraction of sp³-hybridized carbons (Fsp3) is 0.125. The molecule has 0 radical (unpaired) electrons. The van der Waals surface area contributed by atoms with Crippen molar-refractivity contribution in [1.82, 2.24) is 0 Å². The minimum Gasteiger partial charge on any atom is -0.496 e. The van der Waals surface area contributed by atoms with E-state index >= 15 is 0 Å². The molecule has 2 aromatic carbocycles. The average Bonchev–Trinajstić information content (AvgIpc) is 2.51. The SMILES string of the molecule is COc1cccc2c1C(=O)c1c(OC)ccc(N)c1C2=O. The molecular weight excluding hydrogens is 270 g/mol. The monoisotopic (exact) mass is 283 g/mol. The van der Waals surface area contributed by atoms with E-state index in [-0.39, 0.29) is 33.9 Å². The molecule has 21 heavy (non-hydrogen) atoms. The average molecular weight is 283 g/mol. The van der Waals surface area contributed by atoms with Crippen LogP contribution in [-0.2, 0) is 0 Å². The van der Waals surface area contributed by atoms with Gasteiger partial charge in [-0.15, -0.1) is 0 Å². The first kappa shape index (κ1) is 13.2. The first-order valence-electron chi connectivity index (χ1n) is 6.33. The van der Waals surface area contributed by atoms with Crippen LogP contribution in [-0.4, -0.2) is 25.8 Å². The van der Waals surface area contributed by atoms with Crippen molar-refractivity contribution in [3.63, 3.8) is 0 Å². The molecule has 0 fully saturated rings. The smallest absolute Gasteiger partial charge is 0.202 e. The number of anilines is 1. The Bertz CT molecular complexity index is 780. The molecule has 5 heteroatoms. The summed E-state index contributed by atoms with van der Waals surface area (Å²) in [5.41, 5.74) is 7.08. The van der Waals surface area contributed by atoms with Gasteiger partial charge < -0.3 is 15.2 Å². The topological polar surface area (TPSA) is 78.6 Å². The summed E-state index contributed by atoms with van der Waals surface area (Å²) in [6.45, 7) is 0. The van der Waals surface area contributed by atoms with Crippen LogP contribution in [0.5, 0.6) is 11.5 Å². The van der Waals surface area contributed by atoms with Gasteiger partial charge in [-0.1, -0.05) is 12.1 Å². The molecule has 2 aromatic rings. The molecule has 0 atom stereocenters. The summed E-state index contributed by atoms with van der Waals surface area (Å²) < 4.78 is 10.4. The Labute approximate surface area is 121 Å². The van der Waals surface area contributed by atoms with Crippen molar-refractivity contribution in [2.75, 3.05) is 20.0 Å². The molecule has 2 N–H and O–H groups in total. The number of methoxy groups -OCH3 is 2. The van der Waals surface area contributed by atoms with Crippen molar-refractivity contribution >= 4 is 17.3 Å². The molecule has 1 aliphatic rings. The van der Waals surface area contributed by atoms with Gasteiger partial charge in [0, 0.05) is 11.3 Å². The van der Waals surface area contributed by atoms with Gasteiger partial charge in [0.2, 0.25) is 5.78 Å². The lowest BCUT2D eigenvalue weighted by Gasteiger charge is -2.22. The molecule has 0 unspecified atom stereocenters. The number of nitrogen functional groups attached to an aromatic ring is 1. The molecular formula is C16H13NO4. The maximum absolute atomic E-state index is 12.8. The van der Waals surface area contributed by atoms with E-state index in [9.17, 15) is 9.59 Å². The predicted octanol–water partition coefficient (Wildman–Crippen LogP) is 2.06. The molecule has 0 aliphatic heterocycles. The fourth-order valence-electron chi connectivity index (χ4n) is 2.62. The highest BCUT2D eigenvalue weighted by Gasteiger charge is 2.36. The summed E-state index contributed by atoms with van der Waals surface area (Å²) >= 11 is 0. The largest absolute Gasteiger partial charge is 0.496 e. The lowest BCUT2D eigenvalue weighted by molar-refractivity contribution is 0.0974. The molecule has 0 saturated heterocycles. The molecule has 0 heterocycles. The number of hydrogen-bond donors (Lipinski definition) is 1. The highest BCUT2D eigenvalue weighted by molar-refractivity contribution is 6.31. The summed E-state index contributed by atoms with van der Waals surface area (Å²) in [7, 11) is 2.90. The van der Waals surface area contributed by atoms with E-state index in [0.717, 1.165) is 0 Å². The van der Waals surface area contributed by atoms with Gasteiger partial charge in [-0.25, -0.2) is 0 Å². The van der Waals surface area contributed by atoms with Crippen LogP contribution in [0, 0.1) is 0 Å². The van der Waals surface area contributed by atoms with E-state index in [2.05, 4.69) is 0 Å². The number of nitrogens with two attached hydrogens (primary N) is 1. The van der Waals surface area contributed by atoms with Gasteiger partial charge in [0.05, 0.1) is 30.9 Å². The van der Waals surface area contributed by atoms with Crippen molar-refractivity contribution in [3.8, 4) is 11.5 Å². The van der Waals surface area contributed by atoms with Gasteiger partial charge in [0.15, 0.2) is 5.78 Å². The number of rotatable bonds is 2. The third-order valence-electron chi connectivity index (χ3n) is 3.59. The van der Waals surface area contributed by atoms with Crippen LogP contribution in [0.3, 0.4) is 0 Å². The molecule has 0 saturated carbocycles. The molecule has 0 spiro atoms. The standard InChI is InChI=1S/C16H13NO4/c1-20-10-5-3-4-8-12(10)16(19)14-11(21-2)7-6-9(17)13(14)15(8)18/h3-7H,17H2,1-2H3. The normalized spacial score (nSPS) is 12.7. The minimum atomic E-state index is -0.318. The number of ether oxygens (including phenoxy) is 2. The zero-order valence-electron chi connectivity index (χ0n) is 11.6.